The second-order valence-corrected chi connectivity index (χ2v) is 9.55. The molecule has 1 aliphatic heterocycles. The lowest BCUT2D eigenvalue weighted by atomic mass is 10.0. The number of pyridine rings is 1. The highest BCUT2D eigenvalue weighted by atomic mass is 32.2. The van der Waals surface area contributed by atoms with Crippen LogP contribution < -0.4 is 0 Å². The molecule has 1 N–H and O–H groups in total. The van der Waals surface area contributed by atoms with Crippen LogP contribution in [-0.2, 0) is 14.8 Å². The molecule has 2 aromatic carbocycles. The number of aromatic nitrogens is 1. The summed E-state index contributed by atoms with van der Waals surface area (Å²) in [6.45, 7) is 1.28. The Kier molecular flexibility index (Phi) is 5.70. The van der Waals surface area contributed by atoms with Crippen LogP contribution in [0.5, 0.6) is 0 Å². The largest absolute Gasteiger partial charge is 0.478 e. The molecule has 0 bridgehead atoms. The van der Waals surface area contributed by atoms with Gasteiger partial charge in [0.2, 0.25) is 10.0 Å². The first kappa shape index (κ1) is 22.3. The molecule has 0 amide bonds. The van der Waals surface area contributed by atoms with Crippen molar-refractivity contribution in [1.29, 1.82) is 0 Å². The van der Waals surface area contributed by atoms with E-state index in [4.69, 9.17) is 4.74 Å². The highest BCUT2D eigenvalue weighted by molar-refractivity contribution is 7.89. The molecule has 1 saturated heterocycles. The lowest BCUT2D eigenvalue weighted by Crippen LogP contribution is -2.30. The summed E-state index contributed by atoms with van der Waals surface area (Å²) < 4.78 is 60.5. The van der Waals surface area contributed by atoms with E-state index < -0.39 is 34.1 Å². The summed E-state index contributed by atoms with van der Waals surface area (Å²) in [5, 5.41) is 9.93. The van der Waals surface area contributed by atoms with E-state index in [2.05, 4.69) is 4.98 Å². The van der Waals surface area contributed by atoms with Gasteiger partial charge in [-0.05, 0) is 48.9 Å². The predicted octanol–water partition coefficient (Wildman–Crippen LogP) is 3.40. The van der Waals surface area contributed by atoms with Crippen molar-refractivity contribution < 1.29 is 31.8 Å². The summed E-state index contributed by atoms with van der Waals surface area (Å²) >= 11 is 0. The van der Waals surface area contributed by atoms with Crippen molar-refractivity contribution in [2.45, 2.75) is 24.1 Å². The topological polar surface area (TPSA) is 96.8 Å². The van der Waals surface area contributed by atoms with E-state index in [0.717, 1.165) is 21.3 Å². The first-order valence-corrected chi connectivity index (χ1v) is 11.2. The van der Waals surface area contributed by atoms with Crippen LogP contribution in [0.4, 0.5) is 8.78 Å². The third kappa shape index (κ3) is 3.85. The molecule has 2 heterocycles. The van der Waals surface area contributed by atoms with Crippen molar-refractivity contribution in [3.8, 4) is 11.3 Å². The van der Waals surface area contributed by atoms with Crippen LogP contribution in [0, 0.1) is 12.7 Å². The van der Waals surface area contributed by atoms with Gasteiger partial charge in [0.1, 0.15) is 18.1 Å². The Bertz CT molecular complexity index is 1330. The van der Waals surface area contributed by atoms with Crippen molar-refractivity contribution >= 4 is 26.9 Å². The molecular formula is C22H20F2N2O5S. The van der Waals surface area contributed by atoms with Gasteiger partial charge in [0.25, 0.3) is 0 Å². The molecule has 4 rings (SSSR count). The van der Waals surface area contributed by atoms with Gasteiger partial charge in [-0.2, -0.15) is 4.31 Å². The standard InChI is InChI=1S/C22H20F2N2O5S/c1-12-7-19(25-20-8-13(22(27)28)3-5-15(12)20)16-6-4-14(9-17(16)23)32(29,30)26-10-18(24)21(11-26)31-2/h3-9,18,21H,10-11H2,1-2H3,(H,27,28)/t18-,21-/m1/s1. The first-order chi connectivity index (χ1) is 15.1. The summed E-state index contributed by atoms with van der Waals surface area (Å²) in [4.78, 5) is 15.3. The number of hydrogen-bond acceptors (Lipinski definition) is 5. The average Bonchev–Trinajstić information content (AvgIpc) is 3.14. The minimum absolute atomic E-state index is 0.0506. The Hall–Kier alpha value is -2.95. The molecule has 0 aliphatic carbocycles. The summed E-state index contributed by atoms with van der Waals surface area (Å²) in [5.74, 6) is -1.92. The number of fused-ring (bicyclic) bond motifs is 1. The van der Waals surface area contributed by atoms with Crippen molar-refractivity contribution in [3.05, 3.63) is 59.4 Å². The van der Waals surface area contributed by atoms with Gasteiger partial charge in [-0.1, -0.05) is 6.07 Å². The average molecular weight is 462 g/mol. The number of halogens is 2. The molecule has 32 heavy (non-hydrogen) atoms. The van der Waals surface area contributed by atoms with Crippen LogP contribution in [0.1, 0.15) is 15.9 Å². The fourth-order valence-electron chi connectivity index (χ4n) is 3.81. The molecule has 168 valence electrons. The molecular weight excluding hydrogens is 442 g/mol. The summed E-state index contributed by atoms with van der Waals surface area (Å²) in [6.07, 6.45) is -2.33. The summed E-state index contributed by atoms with van der Waals surface area (Å²) in [7, 11) is -2.80. The highest BCUT2D eigenvalue weighted by Crippen LogP contribution is 2.30. The van der Waals surface area contributed by atoms with Crippen molar-refractivity contribution in [2.24, 2.45) is 0 Å². The number of carboxylic acid groups (broad SMARTS) is 1. The van der Waals surface area contributed by atoms with Gasteiger partial charge >= 0.3 is 5.97 Å². The molecule has 0 radical (unpaired) electrons. The van der Waals surface area contributed by atoms with Crippen LogP contribution in [0.3, 0.4) is 0 Å². The van der Waals surface area contributed by atoms with Gasteiger partial charge in [-0.25, -0.2) is 27.0 Å². The molecule has 1 fully saturated rings. The number of nitrogens with zero attached hydrogens (tertiary/aromatic N) is 2. The maximum Gasteiger partial charge on any atom is 0.335 e. The monoisotopic (exact) mass is 462 g/mol. The molecule has 0 saturated carbocycles. The van der Waals surface area contributed by atoms with E-state index in [1.54, 1.807) is 19.1 Å². The number of benzene rings is 2. The number of aromatic carboxylic acids is 1. The van der Waals surface area contributed by atoms with Crippen LogP contribution in [0.15, 0.2) is 47.4 Å². The third-order valence-electron chi connectivity index (χ3n) is 5.59. The molecule has 10 heteroatoms. The number of sulfonamides is 1. The Morgan fingerprint density at radius 1 is 1.19 bits per heavy atom. The number of rotatable bonds is 5. The zero-order valence-electron chi connectivity index (χ0n) is 17.2. The van der Waals surface area contributed by atoms with Gasteiger partial charge in [-0.3, -0.25) is 0 Å². The van der Waals surface area contributed by atoms with Gasteiger partial charge < -0.3 is 9.84 Å². The molecule has 2 atom stereocenters. The van der Waals surface area contributed by atoms with E-state index in [1.165, 1.54) is 31.4 Å². The number of alkyl halides is 1. The van der Waals surface area contributed by atoms with Gasteiger partial charge in [-0.15, -0.1) is 0 Å². The Morgan fingerprint density at radius 2 is 1.94 bits per heavy atom. The Labute approximate surface area is 183 Å². The van der Waals surface area contributed by atoms with Crippen LogP contribution in [0.25, 0.3) is 22.2 Å². The van der Waals surface area contributed by atoms with Gasteiger partial charge in [0, 0.05) is 31.1 Å². The quantitative estimate of drug-likeness (QED) is 0.624. The van der Waals surface area contributed by atoms with E-state index in [1.807, 2.05) is 0 Å². The van der Waals surface area contributed by atoms with Gasteiger partial charge in [0.05, 0.1) is 21.7 Å². The smallest absolute Gasteiger partial charge is 0.335 e. The molecule has 1 aliphatic rings. The number of carbonyl (C=O) groups is 1. The first-order valence-electron chi connectivity index (χ1n) is 9.73. The van der Waals surface area contributed by atoms with E-state index >= 15 is 0 Å². The SMILES string of the molecule is CO[C@@H]1CN(S(=O)(=O)c2ccc(-c3cc(C)c4ccc(C(=O)O)cc4n3)c(F)c2)C[C@H]1F. The lowest BCUT2D eigenvalue weighted by molar-refractivity contribution is 0.0637. The second-order valence-electron chi connectivity index (χ2n) is 7.62. The van der Waals surface area contributed by atoms with Crippen molar-refractivity contribution in [3.63, 3.8) is 0 Å². The van der Waals surface area contributed by atoms with Crippen LogP contribution in [-0.4, -0.2) is 61.3 Å². The maximum atomic E-state index is 15.0. The van der Waals surface area contributed by atoms with E-state index in [9.17, 15) is 27.1 Å². The van der Waals surface area contributed by atoms with Crippen LogP contribution in [0.2, 0.25) is 0 Å². The fraction of sp³-hybridized carbons (Fsp3) is 0.273. The number of carboxylic acids is 1. The summed E-state index contributed by atoms with van der Waals surface area (Å²) in [5.41, 5.74) is 1.50. The third-order valence-corrected chi connectivity index (χ3v) is 7.41. The van der Waals surface area contributed by atoms with Crippen LogP contribution >= 0.6 is 0 Å². The predicted molar refractivity (Wildman–Crippen MR) is 113 cm³/mol. The normalized spacial score (nSPS) is 19.5. The Balaban J connectivity index is 1.72. The second kappa shape index (κ2) is 8.19. The van der Waals surface area contributed by atoms with Crippen molar-refractivity contribution in [1.82, 2.24) is 9.29 Å². The minimum Gasteiger partial charge on any atom is -0.478 e. The number of ether oxygens (including phenoxy) is 1. The number of hydrogen-bond donors (Lipinski definition) is 1. The number of methoxy groups -OCH3 is 1. The molecule has 1 aromatic heterocycles. The molecule has 0 unspecified atom stereocenters. The van der Waals surface area contributed by atoms with E-state index in [0.29, 0.717) is 5.52 Å². The zero-order chi connectivity index (χ0) is 23.2. The fourth-order valence-corrected chi connectivity index (χ4v) is 5.28. The van der Waals surface area contributed by atoms with Crippen molar-refractivity contribution in [2.75, 3.05) is 20.2 Å². The minimum atomic E-state index is -4.11. The highest BCUT2D eigenvalue weighted by Gasteiger charge is 2.40. The maximum absolute atomic E-state index is 15.0. The van der Waals surface area contributed by atoms with E-state index in [-0.39, 0.29) is 34.8 Å². The van der Waals surface area contributed by atoms with Gasteiger partial charge in [0.15, 0.2) is 0 Å². The lowest BCUT2D eigenvalue weighted by Gasteiger charge is -2.16. The summed E-state index contributed by atoms with van der Waals surface area (Å²) in [6, 6.07) is 9.58. The number of aryl methyl sites for hydroxylation is 1. The molecule has 7 nitrogen and oxygen atoms in total. The molecule has 0 spiro atoms. The zero-order valence-corrected chi connectivity index (χ0v) is 18.1. The molecule has 3 aromatic rings. The Morgan fingerprint density at radius 3 is 2.56 bits per heavy atom.